The molecule has 0 spiro atoms. The number of aromatic nitrogens is 1. The van der Waals surface area contributed by atoms with Crippen molar-refractivity contribution >= 4 is 0 Å². The normalized spacial score (nSPS) is 26.9. The van der Waals surface area contributed by atoms with Gasteiger partial charge in [-0.1, -0.05) is 13.8 Å². The summed E-state index contributed by atoms with van der Waals surface area (Å²) in [6.07, 6.45) is 5.69. The molecule has 1 atom stereocenters. The van der Waals surface area contributed by atoms with Crippen molar-refractivity contribution in [2.24, 2.45) is 11.3 Å². The minimum absolute atomic E-state index is 0.615. The Hall–Kier alpha value is -0.720. The number of hydrogen-bond donors (Lipinski definition) is 0. The maximum Gasteiger partial charge on any atom is 0.0253 e. The lowest BCUT2D eigenvalue weighted by Crippen LogP contribution is -2.00. The molecule has 0 aliphatic heterocycles. The Morgan fingerprint density at radius 3 is 2.36 bits per heavy atom. The van der Waals surface area contributed by atoms with E-state index in [1.807, 2.05) is 0 Å². The van der Waals surface area contributed by atoms with Crippen LogP contribution in [-0.2, 0) is 6.54 Å². The molecule has 1 fully saturated rings. The van der Waals surface area contributed by atoms with Gasteiger partial charge in [0.1, 0.15) is 0 Å². The number of rotatable bonds is 2. The molecule has 60 valence electrons. The summed E-state index contributed by atoms with van der Waals surface area (Å²) >= 11 is 0. The highest BCUT2D eigenvalue weighted by Gasteiger charge is 2.45. The van der Waals surface area contributed by atoms with Crippen molar-refractivity contribution in [3.8, 4) is 0 Å². The second-order valence-corrected chi connectivity index (χ2v) is 4.27. The third-order valence-corrected chi connectivity index (χ3v) is 2.81. The van der Waals surface area contributed by atoms with Crippen molar-refractivity contribution in [3.63, 3.8) is 0 Å². The van der Waals surface area contributed by atoms with Crippen molar-refractivity contribution in [2.75, 3.05) is 0 Å². The van der Waals surface area contributed by atoms with E-state index < -0.39 is 0 Å². The molecule has 0 saturated heterocycles. The van der Waals surface area contributed by atoms with E-state index in [-0.39, 0.29) is 0 Å². The Bertz CT molecular complexity index is 233. The zero-order valence-electron chi connectivity index (χ0n) is 7.25. The van der Waals surface area contributed by atoms with Crippen LogP contribution in [0, 0.1) is 11.3 Å². The van der Waals surface area contributed by atoms with Gasteiger partial charge in [0, 0.05) is 18.9 Å². The van der Waals surface area contributed by atoms with Crippen LogP contribution in [0.4, 0.5) is 0 Å². The van der Waals surface area contributed by atoms with Crippen molar-refractivity contribution in [2.45, 2.75) is 26.8 Å². The second-order valence-electron chi connectivity index (χ2n) is 4.27. The van der Waals surface area contributed by atoms with Gasteiger partial charge in [-0.2, -0.15) is 0 Å². The summed E-state index contributed by atoms with van der Waals surface area (Å²) in [6.45, 7) is 5.91. The quantitative estimate of drug-likeness (QED) is 0.609. The lowest BCUT2D eigenvalue weighted by atomic mass is 10.1. The highest BCUT2D eigenvalue weighted by atomic mass is 14.9. The summed E-state index contributed by atoms with van der Waals surface area (Å²) in [5.74, 6) is 0.912. The molecule has 0 amide bonds. The number of hydrogen-bond acceptors (Lipinski definition) is 0. The van der Waals surface area contributed by atoms with Gasteiger partial charge in [-0.15, -0.1) is 0 Å². The second kappa shape index (κ2) is 2.13. The van der Waals surface area contributed by atoms with Gasteiger partial charge in [0.05, 0.1) is 0 Å². The molecule has 1 heterocycles. The van der Waals surface area contributed by atoms with Crippen LogP contribution in [0.5, 0.6) is 0 Å². The molecule has 1 aliphatic rings. The van der Waals surface area contributed by atoms with E-state index >= 15 is 0 Å². The van der Waals surface area contributed by atoms with Crippen molar-refractivity contribution in [3.05, 3.63) is 24.5 Å². The van der Waals surface area contributed by atoms with Gasteiger partial charge in [-0.25, -0.2) is 0 Å². The maximum absolute atomic E-state index is 2.35. The topological polar surface area (TPSA) is 4.93 Å². The van der Waals surface area contributed by atoms with Crippen LogP contribution in [0.15, 0.2) is 24.5 Å². The lowest BCUT2D eigenvalue weighted by molar-refractivity contribution is 0.499. The third kappa shape index (κ3) is 1.32. The summed E-state index contributed by atoms with van der Waals surface area (Å²) < 4.78 is 2.28. The summed E-state index contributed by atoms with van der Waals surface area (Å²) in [4.78, 5) is 0. The molecule has 1 unspecified atom stereocenters. The molecule has 1 heteroatoms. The molecule has 1 aliphatic carbocycles. The van der Waals surface area contributed by atoms with Crippen LogP contribution in [-0.4, -0.2) is 4.57 Å². The van der Waals surface area contributed by atoms with Gasteiger partial charge in [0.15, 0.2) is 0 Å². The first kappa shape index (κ1) is 6.96. The molecular weight excluding hydrogens is 134 g/mol. The summed E-state index contributed by atoms with van der Waals surface area (Å²) in [5.41, 5.74) is 0.615. The molecule has 0 N–H and O–H groups in total. The predicted octanol–water partition coefficient (Wildman–Crippen LogP) is 2.53. The molecular formula is C10H15N. The van der Waals surface area contributed by atoms with Gasteiger partial charge in [0.25, 0.3) is 0 Å². The molecule has 11 heavy (non-hydrogen) atoms. The Morgan fingerprint density at radius 1 is 1.36 bits per heavy atom. The van der Waals surface area contributed by atoms with Crippen LogP contribution in [0.1, 0.15) is 20.3 Å². The van der Waals surface area contributed by atoms with E-state index in [9.17, 15) is 0 Å². The lowest BCUT2D eigenvalue weighted by Gasteiger charge is -2.03. The van der Waals surface area contributed by atoms with Gasteiger partial charge in [0.2, 0.25) is 0 Å². The summed E-state index contributed by atoms with van der Waals surface area (Å²) in [6, 6.07) is 4.19. The minimum Gasteiger partial charge on any atom is -0.354 e. The monoisotopic (exact) mass is 149 g/mol. The van der Waals surface area contributed by atoms with E-state index in [1.54, 1.807) is 0 Å². The Kier molecular flexibility index (Phi) is 1.35. The van der Waals surface area contributed by atoms with Crippen molar-refractivity contribution < 1.29 is 0 Å². The highest BCUT2D eigenvalue weighted by Crippen LogP contribution is 2.52. The fourth-order valence-electron chi connectivity index (χ4n) is 1.63. The molecule has 2 rings (SSSR count). The zero-order chi connectivity index (χ0) is 7.90. The van der Waals surface area contributed by atoms with Gasteiger partial charge < -0.3 is 4.57 Å². The highest BCUT2D eigenvalue weighted by molar-refractivity contribution is 4.98. The minimum atomic E-state index is 0.615. The van der Waals surface area contributed by atoms with Gasteiger partial charge in [-0.3, -0.25) is 0 Å². The molecule has 0 radical (unpaired) electrons. The molecule has 1 nitrogen and oxygen atoms in total. The average Bonchev–Trinajstić information content (AvgIpc) is 2.42. The maximum atomic E-state index is 2.35. The average molecular weight is 149 g/mol. The Labute approximate surface area is 68.0 Å². The first-order valence-corrected chi connectivity index (χ1v) is 4.29. The van der Waals surface area contributed by atoms with Crippen LogP contribution >= 0.6 is 0 Å². The summed E-state index contributed by atoms with van der Waals surface area (Å²) in [7, 11) is 0. The van der Waals surface area contributed by atoms with E-state index in [0.717, 1.165) is 5.92 Å². The predicted molar refractivity (Wildman–Crippen MR) is 46.3 cm³/mol. The SMILES string of the molecule is CC1(C)CC1Cn1cccc1. The molecule has 0 bridgehead atoms. The molecule has 1 aromatic heterocycles. The van der Waals surface area contributed by atoms with Crippen molar-refractivity contribution in [1.29, 1.82) is 0 Å². The zero-order valence-corrected chi connectivity index (χ0v) is 7.25. The number of nitrogens with zero attached hydrogens (tertiary/aromatic N) is 1. The standard InChI is InChI=1S/C10H15N/c1-10(2)7-9(10)8-11-5-3-4-6-11/h3-6,9H,7-8H2,1-2H3. The molecule has 0 aromatic carbocycles. The van der Waals surface area contributed by atoms with Crippen LogP contribution in [0.2, 0.25) is 0 Å². The van der Waals surface area contributed by atoms with E-state index in [4.69, 9.17) is 0 Å². The van der Waals surface area contributed by atoms with Crippen LogP contribution in [0.3, 0.4) is 0 Å². The van der Waals surface area contributed by atoms with Gasteiger partial charge >= 0.3 is 0 Å². The Morgan fingerprint density at radius 2 is 1.91 bits per heavy atom. The van der Waals surface area contributed by atoms with Crippen LogP contribution < -0.4 is 0 Å². The largest absolute Gasteiger partial charge is 0.354 e. The fraction of sp³-hybridized carbons (Fsp3) is 0.600. The van der Waals surface area contributed by atoms with E-state index in [0.29, 0.717) is 5.41 Å². The fourth-order valence-corrected chi connectivity index (χ4v) is 1.63. The van der Waals surface area contributed by atoms with Crippen molar-refractivity contribution in [1.82, 2.24) is 4.57 Å². The molecule has 1 saturated carbocycles. The molecule has 1 aromatic rings. The van der Waals surface area contributed by atoms with Crippen LogP contribution in [0.25, 0.3) is 0 Å². The van der Waals surface area contributed by atoms with E-state index in [1.165, 1.54) is 13.0 Å². The van der Waals surface area contributed by atoms with Gasteiger partial charge in [-0.05, 0) is 29.9 Å². The first-order chi connectivity index (χ1) is 5.18. The third-order valence-electron chi connectivity index (χ3n) is 2.81. The smallest absolute Gasteiger partial charge is 0.0253 e. The first-order valence-electron chi connectivity index (χ1n) is 4.29. The Balaban J connectivity index is 1.95. The summed E-state index contributed by atoms with van der Waals surface area (Å²) in [5, 5.41) is 0. The van der Waals surface area contributed by atoms with E-state index in [2.05, 4.69) is 42.9 Å².